The third-order valence-electron chi connectivity index (χ3n) is 5.00. The summed E-state index contributed by atoms with van der Waals surface area (Å²) >= 11 is 0. The number of aliphatic imine (C=N–C) groups is 1. The number of nitrogens with one attached hydrogen (secondary N) is 1. The van der Waals surface area contributed by atoms with Crippen molar-refractivity contribution in [1.29, 1.82) is 0 Å². The average Bonchev–Trinajstić information content (AvgIpc) is 3.12. The van der Waals surface area contributed by atoms with Gasteiger partial charge in [-0.3, -0.25) is 4.90 Å². The van der Waals surface area contributed by atoms with Crippen LogP contribution >= 0.6 is 0 Å². The highest BCUT2D eigenvalue weighted by atomic mass is 16.6. The van der Waals surface area contributed by atoms with Gasteiger partial charge in [-0.25, -0.2) is 9.79 Å². The molecule has 1 aliphatic heterocycles. The van der Waals surface area contributed by atoms with Gasteiger partial charge in [-0.1, -0.05) is 31.2 Å². The van der Waals surface area contributed by atoms with Crippen molar-refractivity contribution in [3.8, 4) is 0 Å². The molecule has 0 saturated carbocycles. The number of benzene rings is 1. The molecule has 1 aromatic carbocycles. The number of carbonyl (C=O) groups excluding carboxylic acids is 1. The third-order valence-corrected chi connectivity index (χ3v) is 5.00. The minimum atomic E-state index is -0.492. The predicted octanol–water partition coefficient (Wildman–Crippen LogP) is 2.94. The summed E-state index contributed by atoms with van der Waals surface area (Å²) in [6, 6.07) is 8.60. The second kappa shape index (κ2) is 10.5. The fourth-order valence-electron chi connectivity index (χ4n) is 3.43. The normalized spacial score (nSPS) is 18.0. The van der Waals surface area contributed by atoms with Crippen molar-refractivity contribution in [2.75, 3.05) is 26.7 Å². The number of hydrogen-bond donors (Lipinski definition) is 2. The van der Waals surface area contributed by atoms with E-state index in [1.165, 1.54) is 19.4 Å². The summed E-state index contributed by atoms with van der Waals surface area (Å²) in [6.07, 6.45) is 2.15. The fourth-order valence-corrected chi connectivity index (χ4v) is 3.43. The SMILES string of the molecule is CCN1CCCC1CNC(N)=NCc1ccc(CN(C)C(=O)OC(C)(C)C)cc1. The van der Waals surface area contributed by atoms with Crippen LogP contribution in [0.25, 0.3) is 0 Å². The molecular weight excluding hydrogens is 366 g/mol. The zero-order valence-electron chi connectivity index (χ0n) is 18.6. The Balaban J connectivity index is 1.79. The molecule has 1 aliphatic rings. The summed E-state index contributed by atoms with van der Waals surface area (Å²) in [7, 11) is 1.74. The maximum Gasteiger partial charge on any atom is 0.410 e. The first kappa shape index (κ1) is 23.0. The van der Waals surface area contributed by atoms with Crippen LogP contribution in [0, 0.1) is 0 Å². The van der Waals surface area contributed by atoms with Crippen LogP contribution in [-0.4, -0.2) is 60.2 Å². The van der Waals surface area contributed by atoms with E-state index in [0.29, 0.717) is 25.1 Å². The minimum absolute atomic E-state index is 0.325. The van der Waals surface area contributed by atoms with E-state index in [2.05, 4.69) is 22.1 Å². The molecule has 1 fully saturated rings. The molecule has 1 aromatic rings. The zero-order chi connectivity index (χ0) is 21.4. The highest BCUT2D eigenvalue weighted by molar-refractivity contribution is 5.77. The molecule has 1 atom stereocenters. The van der Waals surface area contributed by atoms with E-state index >= 15 is 0 Å². The van der Waals surface area contributed by atoms with Gasteiger partial charge in [-0.05, 0) is 57.8 Å². The topological polar surface area (TPSA) is 83.2 Å². The van der Waals surface area contributed by atoms with Crippen molar-refractivity contribution in [3.63, 3.8) is 0 Å². The first-order valence-corrected chi connectivity index (χ1v) is 10.5. The van der Waals surface area contributed by atoms with E-state index in [4.69, 9.17) is 10.5 Å². The highest BCUT2D eigenvalue weighted by Gasteiger charge is 2.22. The minimum Gasteiger partial charge on any atom is -0.444 e. The summed E-state index contributed by atoms with van der Waals surface area (Å²) < 4.78 is 5.38. The summed E-state index contributed by atoms with van der Waals surface area (Å²) in [4.78, 5) is 20.6. The maximum absolute atomic E-state index is 12.1. The van der Waals surface area contributed by atoms with Crippen LogP contribution in [0.3, 0.4) is 0 Å². The van der Waals surface area contributed by atoms with Gasteiger partial charge in [0.1, 0.15) is 5.60 Å². The molecule has 7 nitrogen and oxygen atoms in total. The average molecular weight is 404 g/mol. The lowest BCUT2D eigenvalue weighted by atomic mass is 10.1. The first-order valence-electron chi connectivity index (χ1n) is 10.5. The Hall–Kier alpha value is -2.28. The van der Waals surface area contributed by atoms with Crippen LogP contribution in [-0.2, 0) is 17.8 Å². The Morgan fingerprint density at radius 2 is 1.97 bits per heavy atom. The number of likely N-dealkylation sites (N-methyl/N-ethyl adjacent to an activating group) is 1. The van der Waals surface area contributed by atoms with E-state index in [-0.39, 0.29) is 6.09 Å². The monoisotopic (exact) mass is 403 g/mol. The molecule has 0 radical (unpaired) electrons. The van der Waals surface area contributed by atoms with Crippen LogP contribution in [0.4, 0.5) is 4.79 Å². The molecule has 29 heavy (non-hydrogen) atoms. The van der Waals surface area contributed by atoms with Gasteiger partial charge in [-0.2, -0.15) is 0 Å². The molecular formula is C22H37N5O2. The maximum atomic E-state index is 12.1. The van der Waals surface area contributed by atoms with Gasteiger partial charge in [0.15, 0.2) is 5.96 Å². The van der Waals surface area contributed by atoms with Gasteiger partial charge >= 0.3 is 6.09 Å². The number of rotatable bonds is 7. The number of nitrogens with zero attached hydrogens (tertiary/aromatic N) is 3. The van der Waals surface area contributed by atoms with Gasteiger partial charge in [0.2, 0.25) is 0 Å². The van der Waals surface area contributed by atoms with Crippen LogP contribution in [0.1, 0.15) is 51.7 Å². The molecule has 0 bridgehead atoms. The third kappa shape index (κ3) is 7.93. The quantitative estimate of drug-likeness (QED) is 0.540. The largest absolute Gasteiger partial charge is 0.444 e. The molecule has 1 unspecified atom stereocenters. The smallest absolute Gasteiger partial charge is 0.410 e. The molecule has 2 rings (SSSR count). The van der Waals surface area contributed by atoms with Crippen molar-refractivity contribution < 1.29 is 9.53 Å². The zero-order valence-corrected chi connectivity index (χ0v) is 18.6. The number of guanidine groups is 1. The second-order valence-corrected chi connectivity index (χ2v) is 8.66. The standard InChI is InChI=1S/C22H37N5O2/c1-6-27-13-7-8-19(27)15-25-20(23)24-14-17-9-11-18(12-10-17)16-26(5)21(28)29-22(2,3)4/h9-12,19H,6-8,13-16H2,1-5H3,(H3,23,24,25). The predicted molar refractivity (Wildman–Crippen MR) is 118 cm³/mol. The molecule has 7 heteroatoms. The number of carbonyl (C=O) groups is 1. The van der Waals surface area contributed by atoms with Gasteiger partial charge in [0.05, 0.1) is 6.54 Å². The molecule has 0 aromatic heterocycles. The summed E-state index contributed by atoms with van der Waals surface area (Å²) in [5.41, 5.74) is 7.65. The van der Waals surface area contributed by atoms with Crippen molar-refractivity contribution in [3.05, 3.63) is 35.4 Å². The number of likely N-dealkylation sites (tertiary alicyclic amines) is 1. The molecule has 3 N–H and O–H groups in total. The lowest BCUT2D eigenvalue weighted by molar-refractivity contribution is 0.0285. The van der Waals surface area contributed by atoms with Crippen molar-refractivity contribution in [1.82, 2.24) is 15.1 Å². The van der Waals surface area contributed by atoms with E-state index in [1.54, 1.807) is 11.9 Å². The summed E-state index contributed by atoms with van der Waals surface area (Å²) in [6.45, 7) is 11.9. The molecule has 1 amide bonds. The Morgan fingerprint density at radius 3 is 2.59 bits per heavy atom. The molecule has 1 saturated heterocycles. The van der Waals surface area contributed by atoms with E-state index in [1.807, 2.05) is 45.0 Å². The summed E-state index contributed by atoms with van der Waals surface area (Å²) in [5, 5.41) is 3.26. The first-order chi connectivity index (χ1) is 13.7. The molecule has 0 aliphatic carbocycles. The van der Waals surface area contributed by atoms with Crippen LogP contribution in [0.2, 0.25) is 0 Å². The van der Waals surface area contributed by atoms with Crippen LogP contribution in [0.15, 0.2) is 29.3 Å². The molecule has 1 heterocycles. The summed E-state index contributed by atoms with van der Waals surface area (Å²) in [5.74, 6) is 0.488. The van der Waals surface area contributed by atoms with Gasteiger partial charge in [0.25, 0.3) is 0 Å². The van der Waals surface area contributed by atoms with Crippen molar-refractivity contribution in [2.45, 2.75) is 65.3 Å². The number of hydrogen-bond acceptors (Lipinski definition) is 4. The van der Waals surface area contributed by atoms with Crippen molar-refractivity contribution in [2.24, 2.45) is 10.7 Å². The number of amides is 1. The van der Waals surface area contributed by atoms with E-state index in [9.17, 15) is 4.79 Å². The second-order valence-electron chi connectivity index (χ2n) is 8.66. The van der Waals surface area contributed by atoms with Gasteiger partial charge < -0.3 is 20.7 Å². The Kier molecular flexibility index (Phi) is 8.32. The Morgan fingerprint density at radius 1 is 1.31 bits per heavy atom. The highest BCUT2D eigenvalue weighted by Crippen LogP contribution is 2.15. The van der Waals surface area contributed by atoms with E-state index < -0.39 is 5.60 Å². The van der Waals surface area contributed by atoms with Gasteiger partial charge in [0, 0.05) is 26.2 Å². The number of ether oxygens (including phenoxy) is 1. The van der Waals surface area contributed by atoms with Crippen LogP contribution < -0.4 is 11.1 Å². The van der Waals surface area contributed by atoms with Gasteiger partial charge in [-0.15, -0.1) is 0 Å². The van der Waals surface area contributed by atoms with Crippen molar-refractivity contribution >= 4 is 12.1 Å². The number of nitrogens with two attached hydrogens (primary N) is 1. The lowest BCUT2D eigenvalue weighted by Gasteiger charge is -2.24. The fraction of sp³-hybridized carbons (Fsp3) is 0.636. The van der Waals surface area contributed by atoms with E-state index in [0.717, 1.165) is 24.2 Å². The molecule has 162 valence electrons. The molecule has 0 spiro atoms. The Bertz CT molecular complexity index is 681. The lowest BCUT2D eigenvalue weighted by Crippen LogP contribution is -2.42. The van der Waals surface area contributed by atoms with Crippen LogP contribution in [0.5, 0.6) is 0 Å². The Labute approximate surface area is 175 Å².